The van der Waals surface area contributed by atoms with Gasteiger partial charge in [0.2, 0.25) is 0 Å². The van der Waals surface area contributed by atoms with Gasteiger partial charge < -0.3 is 10.2 Å². The highest BCUT2D eigenvalue weighted by Gasteiger charge is 2.21. The first-order valence-electron chi connectivity index (χ1n) is 6.05. The number of aryl methyl sites for hydroxylation is 2. The largest absolute Gasteiger partial charge is 0.336 e. The Bertz CT molecular complexity index is 413. The van der Waals surface area contributed by atoms with Crippen LogP contribution in [0.3, 0.4) is 0 Å². The van der Waals surface area contributed by atoms with Crippen molar-refractivity contribution in [3.05, 3.63) is 23.3 Å². The summed E-state index contributed by atoms with van der Waals surface area (Å²) in [5.74, 6) is 0.780. The third kappa shape index (κ3) is 2.61. The summed E-state index contributed by atoms with van der Waals surface area (Å²) in [6, 6.07) is 0. The van der Waals surface area contributed by atoms with Crippen LogP contribution in [0.4, 0.5) is 0 Å². The fourth-order valence-electron chi connectivity index (χ4n) is 2.00. The maximum absolute atomic E-state index is 12.3. The van der Waals surface area contributed by atoms with E-state index in [-0.39, 0.29) is 5.91 Å². The van der Waals surface area contributed by atoms with Crippen LogP contribution in [0.1, 0.15) is 28.8 Å². The van der Waals surface area contributed by atoms with Crippen molar-refractivity contribution in [2.24, 2.45) is 0 Å². The molecule has 2 rings (SSSR count). The molecule has 1 fully saturated rings. The first-order valence-corrected chi connectivity index (χ1v) is 6.05. The van der Waals surface area contributed by atoms with Crippen LogP contribution < -0.4 is 5.32 Å². The third-order valence-corrected chi connectivity index (χ3v) is 2.96. The van der Waals surface area contributed by atoms with Crippen molar-refractivity contribution in [3.8, 4) is 0 Å². The van der Waals surface area contributed by atoms with Gasteiger partial charge in [0.05, 0.1) is 11.3 Å². The van der Waals surface area contributed by atoms with Crippen LogP contribution in [0.5, 0.6) is 0 Å². The monoisotopic (exact) mass is 234 g/mol. The predicted octanol–water partition coefficient (Wildman–Crippen LogP) is 0.393. The van der Waals surface area contributed by atoms with E-state index in [1.807, 2.05) is 18.7 Å². The summed E-state index contributed by atoms with van der Waals surface area (Å²) in [7, 11) is 0. The van der Waals surface area contributed by atoms with Crippen molar-refractivity contribution < 1.29 is 4.79 Å². The number of nitrogens with zero attached hydrogens (tertiary/aromatic N) is 3. The van der Waals surface area contributed by atoms with Gasteiger partial charge in [-0.25, -0.2) is 9.97 Å². The molecule has 0 unspecified atom stereocenters. The number of aromatic nitrogens is 2. The van der Waals surface area contributed by atoms with Gasteiger partial charge in [0.15, 0.2) is 0 Å². The standard InChI is InChI=1S/C12H18N4O/c1-3-11-10(8-14-9(2)15-11)12(17)16-6-4-13-5-7-16/h8,13H,3-7H2,1-2H3. The van der Waals surface area contributed by atoms with Crippen LogP contribution in [0, 0.1) is 6.92 Å². The Labute approximate surface area is 101 Å². The number of hydrogen-bond donors (Lipinski definition) is 1. The molecule has 1 aliphatic heterocycles. The molecule has 1 aromatic rings. The Morgan fingerprint density at radius 1 is 1.47 bits per heavy atom. The van der Waals surface area contributed by atoms with Crippen LogP contribution in [-0.2, 0) is 6.42 Å². The van der Waals surface area contributed by atoms with E-state index in [2.05, 4.69) is 15.3 Å². The Morgan fingerprint density at radius 3 is 2.82 bits per heavy atom. The molecule has 1 amide bonds. The lowest BCUT2D eigenvalue weighted by Gasteiger charge is -2.27. The topological polar surface area (TPSA) is 58.1 Å². The molecule has 0 aliphatic carbocycles. The molecule has 0 atom stereocenters. The van der Waals surface area contributed by atoms with E-state index in [9.17, 15) is 4.79 Å². The minimum Gasteiger partial charge on any atom is -0.336 e. The van der Waals surface area contributed by atoms with Gasteiger partial charge in [-0.2, -0.15) is 0 Å². The average molecular weight is 234 g/mol. The van der Waals surface area contributed by atoms with Crippen LogP contribution in [0.25, 0.3) is 0 Å². The Balaban J connectivity index is 2.23. The van der Waals surface area contributed by atoms with Crippen LogP contribution in [-0.4, -0.2) is 47.0 Å². The fraction of sp³-hybridized carbons (Fsp3) is 0.583. The number of amides is 1. The predicted molar refractivity (Wildman–Crippen MR) is 64.9 cm³/mol. The van der Waals surface area contributed by atoms with E-state index in [1.165, 1.54) is 0 Å². The molecule has 2 heterocycles. The molecule has 92 valence electrons. The molecular weight excluding hydrogens is 216 g/mol. The molecule has 1 saturated heterocycles. The lowest BCUT2D eigenvalue weighted by Crippen LogP contribution is -2.46. The molecule has 1 N–H and O–H groups in total. The van der Waals surface area contributed by atoms with E-state index in [0.29, 0.717) is 5.56 Å². The number of rotatable bonds is 2. The summed E-state index contributed by atoms with van der Waals surface area (Å²) in [5.41, 5.74) is 1.50. The smallest absolute Gasteiger partial charge is 0.257 e. The van der Waals surface area contributed by atoms with Crippen LogP contribution >= 0.6 is 0 Å². The molecule has 5 nitrogen and oxygen atoms in total. The molecule has 5 heteroatoms. The zero-order valence-electron chi connectivity index (χ0n) is 10.4. The Kier molecular flexibility index (Phi) is 3.68. The van der Waals surface area contributed by atoms with Gasteiger partial charge in [0.1, 0.15) is 5.82 Å². The van der Waals surface area contributed by atoms with Crippen molar-refractivity contribution in [2.75, 3.05) is 26.2 Å². The first kappa shape index (κ1) is 12.0. The average Bonchev–Trinajstić information content (AvgIpc) is 2.39. The van der Waals surface area contributed by atoms with Gasteiger partial charge in [0, 0.05) is 32.4 Å². The fourth-order valence-corrected chi connectivity index (χ4v) is 2.00. The van der Waals surface area contributed by atoms with Gasteiger partial charge in [0.25, 0.3) is 5.91 Å². The zero-order chi connectivity index (χ0) is 12.3. The van der Waals surface area contributed by atoms with Gasteiger partial charge in [-0.1, -0.05) is 6.92 Å². The van der Waals surface area contributed by atoms with Gasteiger partial charge in [-0.3, -0.25) is 4.79 Å². The second kappa shape index (κ2) is 5.23. The van der Waals surface area contributed by atoms with Crippen molar-refractivity contribution in [3.63, 3.8) is 0 Å². The molecule has 1 aliphatic rings. The molecule has 0 spiro atoms. The van der Waals surface area contributed by atoms with Gasteiger partial charge in [-0.15, -0.1) is 0 Å². The van der Waals surface area contributed by atoms with Gasteiger partial charge in [-0.05, 0) is 13.3 Å². The van der Waals surface area contributed by atoms with Crippen molar-refractivity contribution >= 4 is 5.91 Å². The molecular formula is C12H18N4O. The summed E-state index contributed by atoms with van der Waals surface area (Å²) in [6.07, 6.45) is 2.42. The van der Waals surface area contributed by atoms with E-state index in [0.717, 1.165) is 44.1 Å². The highest BCUT2D eigenvalue weighted by molar-refractivity contribution is 5.95. The molecule has 0 bridgehead atoms. The second-order valence-corrected chi connectivity index (χ2v) is 4.17. The number of nitrogens with one attached hydrogen (secondary N) is 1. The summed E-state index contributed by atoms with van der Waals surface area (Å²) < 4.78 is 0. The van der Waals surface area contributed by atoms with E-state index in [1.54, 1.807) is 6.20 Å². The summed E-state index contributed by atoms with van der Waals surface area (Å²) >= 11 is 0. The van der Waals surface area contributed by atoms with E-state index < -0.39 is 0 Å². The summed E-state index contributed by atoms with van der Waals surface area (Å²) in [5, 5.41) is 3.23. The molecule has 17 heavy (non-hydrogen) atoms. The number of hydrogen-bond acceptors (Lipinski definition) is 4. The third-order valence-electron chi connectivity index (χ3n) is 2.96. The quantitative estimate of drug-likeness (QED) is 0.804. The van der Waals surface area contributed by atoms with Gasteiger partial charge >= 0.3 is 0 Å². The summed E-state index contributed by atoms with van der Waals surface area (Å²) in [6.45, 7) is 7.10. The molecule has 0 radical (unpaired) electrons. The summed E-state index contributed by atoms with van der Waals surface area (Å²) in [4.78, 5) is 22.6. The molecule has 0 saturated carbocycles. The van der Waals surface area contributed by atoms with Crippen molar-refractivity contribution in [2.45, 2.75) is 20.3 Å². The molecule has 0 aromatic carbocycles. The lowest BCUT2D eigenvalue weighted by atomic mass is 10.1. The number of piperazine rings is 1. The maximum Gasteiger partial charge on any atom is 0.257 e. The normalized spacial score (nSPS) is 16.0. The molecule has 1 aromatic heterocycles. The Hall–Kier alpha value is -1.49. The highest BCUT2D eigenvalue weighted by Crippen LogP contribution is 2.10. The first-order chi connectivity index (χ1) is 8.22. The Morgan fingerprint density at radius 2 is 2.18 bits per heavy atom. The van der Waals surface area contributed by atoms with E-state index >= 15 is 0 Å². The number of carbonyl (C=O) groups is 1. The highest BCUT2D eigenvalue weighted by atomic mass is 16.2. The second-order valence-electron chi connectivity index (χ2n) is 4.17. The van der Waals surface area contributed by atoms with Crippen LogP contribution in [0.2, 0.25) is 0 Å². The number of carbonyl (C=O) groups excluding carboxylic acids is 1. The zero-order valence-corrected chi connectivity index (χ0v) is 10.4. The van der Waals surface area contributed by atoms with E-state index in [4.69, 9.17) is 0 Å². The van der Waals surface area contributed by atoms with Crippen molar-refractivity contribution in [1.82, 2.24) is 20.2 Å². The van der Waals surface area contributed by atoms with Crippen molar-refractivity contribution in [1.29, 1.82) is 0 Å². The lowest BCUT2D eigenvalue weighted by molar-refractivity contribution is 0.0733. The maximum atomic E-state index is 12.3. The minimum atomic E-state index is 0.0587. The van der Waals surface area contributed by atoms with Crippen LogP contribution in [0.15, 0.2) is 6.20 Å². The SMILES string of the molecule is CCc1nc(C)ncc1C(=O)N1CCNCC1. The minimum absolute atomic E-state index is 0.0587.